The van der Waals surface area contributed by atoms with Crippen molar-refractivity contribution in [3.05, 3.63) is 75.8 Å². The van der Waals surface area contributed by atoms with E-state index in [1.165, 1.54) is 12.1 Å². The Morgan fingerprint density at radius 1 is 0.889 bits per heavy atom. The topological polar surface area (TPSA) is 43.1 Å². The summed E-state index contributed by atoms with van der Waals surface area (Å²) in [5.74, 6) is 0. The van der Waals surface area contributed by atoms with Crippen molar-refractivity contribution in [3.8, 4) is 0 Å². The fraction of sp³-hybridized carbons (Fsp3) is 0.143. The molecule has 96 valence electrons. The lowest BCUT2D eigenvalue weighted by molar-refractivity contribution is -0.384. The van der Waals surface area contributed by atoms with Gasteiger partial charge in [0.1, 0.15) is 0 Å². The third-order valence-electron chi connectivity index (χ3n) is 1.70. The molecule has 4 heteroatoms. The van der Waals surface area contributed by atoms with Crippen LogP contribution in [0, 0.1) is 10.1 Å². The molecule has 0 aliphatic carbocycles. The minimum Gasteiger partial charge on any atom is -0.258 e. The van der Waals surface area contributed by atoms with E-state index < -0.39 is 4.92 Å². The van der Waals surface area contributed by atoms with Crippen LogP contribution in [0.5, 0.6) is 0 Å². The maximum atomic E-state index is 10.0. The molecule has 0 radical (unpaired) electrons. The van der Waals surface area contributed by atoms with E-state index in [2.05, 4.69) is 0 Å². The number of nitro groups is 1. The van der Waals surface area contributed by atoms with E-state index in [9.17, 15) is 10.1 Å². The summed E-state index contributed by atoms with van der Waals surface area (Å²) in [6.45, 7) is 4.00. The molecule has 0 saturated heterocycles. The summed E-state index contributed by atoms with van der Waals surface area (Å²) in [5.41, 5.74) is 0.137. The molecule has 2 aromatic carbocycles. The Morgan fingerprint density at radius 2 is 1.28 bits per heavy atom. The molecule has 0 heterocycles. The van der Waals surface area contributed by atoms with Gasteiger partial charge in [0, 0.05) is 17.2 Å². The number of hydrogen-bond donors (Lipinski definition) is 0. The molecule has 0 atom stereocenters. The van der Waals surface area contributed by atoms with Crippen molar-refractivity contribution in [1.29, 1.82) is 0 Å². The molecule has 2 aromatic rings. The van der Waals surface area contributed by atoms with Gasteiger partial charge in [0.15, 0.2) is 0 Å². The molecule has 0 N–H and O–H groups in total. The Kier molecular flexibility index (Phi) is 9.23. The molecule has 0 unspecified atom stereocenters. The average Bonchev–Trinajstić information content (AvgIpc) is 2.43. The number of hydrogen-bond acceptors (Lipinski definition) is 2. The summed E-state index contributed by atoms with van der Waals surface area (Å²) in [4.78, 5) is 9.59. The first-order valence-electron chi connectivity index (χ1n) is 5.60. The van der Waals surface area contributed by atoms with Crippen molar-refractivity contribution in [2.75, 3.05) is 0 Å². The summed E-state index contributed by atoms with van der Waals surface area (Å²) in [5, 5.41) is 10.8. The van der Waals surface area contributed by atoms with Gasteiger partial charge in [0.25, 0.3) is 5.69 Å². The highest BCUT2D eigenvalue weighted by Gasteiger charge is 1.98. The van der Waals surface area contributed by atoms with Gasteiger partial charge in [-0.15, -0.1) is 0 Å². The average molecular weight is 266 g/mol. The summed E-state index contributed by atoms with van der Waals surface area (Å²) in [6, 6.07) is 17.4. The van der Waals surface area contributed by atoms with E-state index in [-0.39, 0.29) is 5.69 Å². The molecule has 3 nitrogen and oxygen atoms in total. The highest BCUT2D eigenvalue weighted by Crippen LogP contribution is 2.06. The van der Waals surface area contributed by atoms with Gasteiger partial charge >= 0.3 is 0 Å². The van der Waals surface area contributed by atoms with Crippen LogP contribution >= 0.6 is 11.6 Å². The van der Waals surface area contributed by atoms with Crippen LogP contribution in [-0.2, 0) is 0 Å². The van der Waals surface area contributed by atoms with E-state index in [4.69, 9.17) is 11.6 Å². The quantitative estimate of drug-likeness (QED) is 0.540. The number of nitrogens with zero attached hydrogens (tertiary/aromatic N) is 1. The maximum absolute atomic E-state index is 10.0. The van der Waals surface area contributed by atoms with Crippen molar-refractivity contribution >= 4 is 17.3 Å². The van der Waals surface area contributed by atoms with E-state index in [1.807, 2.05) is 44.2 Å². The number of rotatable bonds is 1. The van der Waals surface area contributed by atoms with Crippen LogP contribution in [0.1, 0.15) is 13.8 Å². The van der Waals surface area contributed by atoms with E-state index in [0.717, 1.165) is 5.02 Å². The predicted octanol–water partition coefficient (Wildman–Crippen LogP) is 4.96. The lowest BCUT2D eigenvalue weighted by Gasteiger charge is -1.85. The van der Waals surface area contributed by atoms with Crippen LogP contribution in [0.15, 0.2) is 60.7 Å². The van der Waals surface area contributed by atoms with Gasteiger partial charge < -0.3 is 0 Å². The van der Waals surface area contributed by atoms with Gasteiger partial charge in [-0.1, -0.05) is 61.8 Å². The number of nitro benzene ring substituents is 1. The Balaban J connectivity index is 0.000000289. The second kappa shape index (κ2) is 10.3. The van der Waals surface area contributed by atoms with Crippen LogP contribution in [0.25, 0.3) is 0 Å². The smallest absolute Gasteiger partial charge is 0.258 e. The van der Waals surface area contributed by atoms with Crippen LogP contribution in [0.2, 0.25) is 5.02 Å². The molecule has 0 aliphatic rings. The zero-order chi connectivity index (χ0) is 13.8. The Morgan fingerprint density at radius 3 is 1.50 bits per heavy atom. The van der Waals surface area contributed by atoms with Gasteiger partial charge in [-0.3, -0.25) is 10.1 Å². The summed E-state index contributed by atoms with van der Waals surface area (Å²) in [7, 11) is 0. The minimum atomic E-state index is -0.417. The van der Waals surface area contributed by atoms with Gasteiger partial charge in [-0.05, 0) is 12.1 Å². The van der Waals surface area contributed by atoms with Crippen LogP contribution in [0.4, 0.5) is 5.69 Å². The monoisotopic (exact) mass is 265 g/mol. The van der Waals surface area contributed by atoms with Crippen molar-refractivity contribution < 1.29 is 4.92 Å². The summed E-state index contributed by atoms with van der Waals surface area (Å²) < 4.78 is 0. The first-order chi connectivity index (χ1) is 8.70. The third kappa shape index (κ3) is 7.41. The van der Waals surface area contributed by atoms with Crippen LogP contribution in [-0.4, -0.2) is 4.92 Å². The number of halogens is 1. The molecule has 0 saturated carbocycles. The molecule has 0 fully saturated rings. The van der Waals surface area contributed by atoms with Gasteiger partial charge in [-0.2, -0.15) is 0 Å². The second-order valence-corrected chi connectivity index (χ2v) is 3.32. The molecule has 18 heavy (non-hydrogen) atoms. The largest absolute Gasteiger partial charge is 0.269 e. The van der Waals surface area contributed by atoms with Gasteiger partial charge in [0.05, 0.1) is 4.92 Å². The lowest BCUT2D eigenvalue weighted by Crippen LogP contribution is -1.84. The standard InChI is InChI=1S/C6H5Cl.C6H5NO2.C2H6/c7-6-4-2-1-3-5-6;8-7(9)6-4-2-1-3-5-6;1-2/h1-5H;1-5H;1-2H3. The molecular formula is C14H16ClNO2. The van der Waals surface area contributed by atoms with Crippen LogP contribution in [0.3, 0.4) is 0 Å². The SMILES string of the molecule is CC.Clc1ccccc1.O=[N+]([O-])c1ccccc1. The fourth-order valence-electron chi connectivity index (χ4n) is 0.964. The molecule has 0 aliphatic heterocycles. The number of para-hydroxylation sites is 1. The minimum absolute atomic E-state index is 0.137. The molecule has 0 spiro atoms. The predicted molar refractivity (Wildman–Crippen MR) is 75.9 cm³/mol. The number of non-ortho nitro benzene ring substituents is 1. The van der Waals surface area contributed by atoms with Gasteiger partial charge in [0.2, 0.25) is 0 Å². The highest BCUT2D eigenvalue weighted by molar-refractivity contribution is 6.30. The van der Waals surface area contributed by atoms with Crippen molar-refractivity contribution in [1.82, 2.24) is 0 Å². The van der Waals surface area contributed by atoms with Gasteiger partial charge in [-0.25, -0.2) is 0 Å². The zero-order valence-electron chi connectivity index (χ0n) is 10.4. The first-order valence-corrected chi connectivity index (χ1v) is 5.98. The Hall–Kier alpha value is -1.87. The summed E-state index contributed by atoms with van der Waals surface area (Å²) in [6.07, 6.45) is 0. The Labute approximate surface area is 112 Å². The van der Waals surface area contributed by atoms with E-state index in [1.54, 1.807) is 18.2 Å². The summed E-state index contributed by atoms with van der Waals surface area (Å²) >= 11 is 5.54. The third-order valence-corrected chi connectivity index (χ3v) is 1.95. The Bertz CT molecular complexity index is 432. The molecule has 2 rings (SSSR count). The van der Waals surface area contributed by atoms with Crippen molar-refractivity contribution in [2.24, 2.45) is 0 Å². The molecular weight excluding hydrogens is 250 g/mol. The molecule has 0 aromatic heterocycles. The van der Waals surface area contributed by atoms with Crippen molar-refractivity contribution in [3.63, 3.8) is 0 Å². The van der Waals surface area contributed by atoms with Crippen LogP contribution < -0.4 is 0 Å². The van der Waals surface area contributed by atoms with E-state index >= 15 is 0 Å². The maximum Gasteiger partial charge on any atom is 0.269 e. The number of benzene rings is 2. The molecule has 0 bridgehead atoms. The zero-order valence-corrected chi connectivity index (χ0v) is 11.2. The normalized spacial score (nSPS) is 8.17. The van der Waals surface area contributed by atoms with E-state index in [0.29, 0.717) is 0 Å². The van der Waals surface area contributed by atoms with Crippen molar-refractivity contribution in [2.45, 2.75) is 13.8 Å². The lowest BCUT2D eigenvalue weighted by atomic mass is 10.3. The fourth-order valence-corrected chi connectivity index (χ4v) is 1.11. The second-order valence-electron chi connectivity index (χ2n) is 2.89. The first kappa shape index (κ1) is 16.1. The molecule has 0 amide bonds. The highest BCUT2D eigenvalue weighted by atomic mass is 35.5.